The number of halogens is 1. The second kappa shape index (κ2) is 6.17. The van der Waals surface area contributed by atoms with Gasteiger partial charge < -0.3 is 5.32 Å². The molecule has 3 nitrogen and oxygen atoms in total. The zero-order valence-electron chi connectivity index (χ0n) is 9.20. The molecule has 0 aliphatic carbocycles. The zero-order valence-corrected chi connectivity index (χ0v) is 10.0. The number of nitrogens with one attached hydrogen (secondary N) is 2. The second-order valence-electron chi connectivity index (χ2n) is 3.55. The highest BCUT2D eigenvalue weighted by Gasteiger charge is 1.95. The van der Waals surface area contributed by atoms with Crippen molar-refractivity contribution >= 4 is 23.5 Å². The largest absolute Gasteiger partial charge is 0.359 e. The number of nitrogens with zero attached hydrogens (tertiary/aromatic N) is 1. The van der Waals surface area contributed by atoms with Crippen LogP contribution in [-0.2, 0) is 0 Å². The minimum atomic E-state index is -0.262. The Kier molecular flexibility index (Phi) is 4.85. The number of rotatable bonds is 3. The van der Waals surface area contributed by atoms with Gasteiger partial charge in [0.2, 0.25) is 0 Å². The summed E-state index contributed by atoms with van der Waals surface area (Å²) < 4.78 is 12.6. The fourth-order valence-electron chi connectivity index (χ4n) is 1.01. The van der Waals surface area contributed by atoms with Gasteiger partial charge >= 0.3 is 0 Å². The first-order valence-corrected chi connectivity index (χ1v) is 5.34. The van der Waals surface area contributed by atoms with Crippen molar-refractivity contribution < 1.29 is 4.39 Å². The van der Waals surface area contributed by atoms with E-state index in [2.05, 4.69) is 15.8 Å². The smallest absolute Gasteiger partial charge is 0.187 e. The average Bonchev–Trinajstić information content (AvgIpc) is 2.20. The topological polar surface area (TPSA) is 36.4 Å². The Hall–Kier alpha value is -1.49. The predicted octanol–water partition coefficient (Wildman–Crippen LogP) is 2.03. The molecule has 0 fully saturated rings. The summed E-state index contributed by atoms with van der Waals surface area (Å²) in [6, 6.07) is 6.30. The molecule has 0 aromatic heterocycles. The summed E-state index contributed by atoms with van der Waals surface area (Å²) in [4.78, 5) is 0. The fourth-order valence-corrected chi connectivity index (χ4v) is 1.30. The van der Waals surface area contributed by atoms with E-state index in [0.29, 0.717) is 5.11 Å². The number of benzene rings is 1. The summed E-state index contributed by atoms with van der Waals surface area (Å²) in [7, 11) is 0. The van der Waals surface area contributed by atoms with Crippen molar-refractivity contribution in [2.75, 3.05) is 0 Å². The van der Waals surface area contributed by atoms with Crippen LogP contribution in [0.3, 0.4) is 0 Å². The van der Waals surface area contributed by atoms with Crippen molar-refractivity contribution in [1.82, 2.24) is 10.7 Å². The van der Waals surface area contributed by atoms with Crippen LogP contribution in [0.15, 0.2) is 29.4 Å². The van der Waals surface area contributed by atoms with Crippen molar-refractivity contribution in [1.29, 1.82) is 0 Å². The van der Waals surface area contributed by atoms with Gasteiger partial charge in [-0.1, -0.05) is 12.1 Å². The summed E-state index contributed by atoms with van der Waals surface area (Å²) in [5, 5.41) is 7.37. The van der Waals surface area contributed by atoms with E-state index in [9.17, 15) is 4.39 Å². The maximum atomic E-state index is 12.6. The highest BCUT2D eigenvalue weighted by Crippen LogP contribution is 1.99. The highest BCUT2D eigenvalue weighted by atomic mass is 32.1. The second-order valence-corrected chi connectivity index (χ2v) is 3.96. The maximum Gasteiger partial charge on any atom is 0.187 e. The van der Waals surface area contributed by atoms with Crippen molar-refractivity contribution in [3.8, 4) is 0 Å². The molecule has 0 radical (unpaired) electrons. The first kappa shape index (κ1) is 12.6. The fraction of sp³-hybridized carbons (Fsp3) is 0.273. The molecular formula is C11H14FN3S. The normalized spacial score (nSPS) is 10.8. The molecule has 2 N–H and O–H groups in total. The highest BCUT2D eigenvalue weighted by molar-refractivity contribution is 7.80. The number of hydrogen-bond donors (Lipinski definition) is 2. The molecular weight excluding hydrogens is 225 g/mol. The third-order valence-electron chi connectivity index (χ3n) is 1.67. The van der Waals surface area contributed by atoms with Crippen LogP contribution in [0, 0.1) is 5.82 Å². The van der Waals surface area contributed by atoms with Crippen LogP contribution < -0.4 is 10.7 Å². The molecule has 0 unspecified atom stereocenters. The molecule has 0 spiro atoms. The third kappa shape index (κ3) is 4.84. The maximum absolute atomic E-state index is 12.6. The van der Waals surface area contributed by atoms with E-state index >= 15 is 0 Å². The number of hydrogen-bond acceptors (Lipinski definition) is 2. The Labute approximate surface area is 99.7 Å². The molecule has 0 aliphatic heterocycles. The lowest BCUT2D eigenvalue weighted by Gasteiger charge is -2.09. The Balaban J connectivity index is 2.43. The van der Waals surface area contributed by atoms with Crippen LogP contribution in [0.2, 0.25) is 0 Å². The van der Waals surface area contributed by atoms with Crippen molar-refractivity contribution in [2.45, 2.75) is 19.9 Å². The van der Waals surface area contributed by atoms with Crippen LogP contribution in [0.4, 0.5) is 4.39 Å². The van der Waals surface area contributed by atoms with Gasteiger partial charge in [-0.05, 0) is 43.8 Å². The standard InChI is InChI=1S/C11H14FN3S/c1-8(2)14-11(16)15-13-7-9-3-5-10(12)6-4-9/h3-8H,1-2H3,(H2,14,15,16). The molecule has 0 aliphatic rings. The molecule has 0 saturated carbocycles. The molecule has 0 bridgehead atoms. The molecule has 86 valence electrons. The minimum Gasteiger partial charge on any atom is -0.359 e. The summed E-state index contributed by atoms with van der Waals surface area (Å²) >= 11 is 4.97. The van der Waals surface area contributed by atoms with Crippen LogP contribution in [0.1, 0.15) is 19.4 Å². The van der Waals surface area contributed by atoms with Gasteiger partial charge in [-0.3, -0.25) is 5.43 Å². The van der Waals surface area contributed by atoms with Gasteiger partial charge in [-0.15, -0.1) is 0 Å². The van der Waals surface area contributed by atoms with Crippen LogP contribution in [0.5, 0.6) is 0 Å². The third-order valence-corrected chi connectivity index (χ3v) is 1.88. The lowest BCUT2D eigenvalue weighted by molar-refractivity contribution is 0.628. The van der Waals surface area contributed by atoms with E-state index in [1.54, 1.807) is 18.3 Å². The summed E-state index contributed by atoms with van der Waals surface area (Å²) in [6.07, 6.45) is 1.58. The summed E-state index contributed by atoms with van der Waals surface area (Å²) in [5.41, 5.74) is 3.48. The minimum absolute atomic E-state index is 0.262. The van der Waals surface area contributed by atoms with Gasteiger partial charge in [0.15, 0.2) is 5.11 Å². The van der Waals surface area contributed by atoms with Crippen molar-refractivity contribution in [3.63, 3.8) is 0 Å². The molecule has 1 rings (SSSR count). The van der Waals surface area contributed by atoms with E-state index in [1.807, 2.05) is 13.8 Å². The van der Waals surface area contributed by atoms with E-state index in [-0.39, 0.29) is 11.9 Å². The molecule has 0 saturated heterocycles. The monoisotopic (exact) mass is 239 g/mol. The Bertz CT molecular complexity index is 373. The number of thiocarbonyl (C=S) groups is 1. The van der Waals surface area contributed by atoms with E-state index in [4.69, 9.17) is 12.2 Å². The van der Waals surface area contributed by atoms with Crippen molar-refractivity contribution in [3.05, 3.63) is 35.6 Å². The molecule has 16 heavy (non-hydrogen) atoms. The molecule has 1 aromatic carbocycles. The van der Waals surface area contributed by atoms with Gasteiger partial charge in [0.05, 0.1) is 6.21 Å². The summed E-state index contributed by atoms with van der Waals surface area (Å²) in [5.74, 6) is -0.262. The van der Waals surface area contributed by atoms with Crippen LogP contribution in [0.25, 0.3) is 0 Å². The SMILES string of the molecule is CC(C)NC(=S)NN=Cc1ccc(F)cc1. The first-order chi connectivity index (χ1) is 7.58. The van der Waals surface area contributed by atoms with E-state index in [0.717, 1.165) is 5.56 Å². The molecule has 0 heterocycles. The number of hydrazone groups is 1. The van der Waals surface area contributed by atoms with Crippen molar-refractivity contribution in [2.24, 2.45) is 5.10 Å². The van der Waals surface area contributed by atoms with Gasteiger partial charge in [0, 0.05) is 6.04 Å². The van der Waals surface area contributed by atoms with Crippen LogP contribution >= 0.6 is 12.2 Å². The van der Waals surface area contributed by atoms with Gasteiger partial charge in [0.1, 0.15) is 5.82 Å². The Morgan fingerprint density at radius 3 is 2.56 bits per heavy atom. The Morgan fingerprint density at radius 1 is 1.38 bits per heavy atom. The molecule has 1 aromatic rings. The van der Waals surface area contributed by atoms with Crippen LogP contribution in [-0.4, -0.2) is 17.4 Å². The molecule has 5 heteroatoms. The average molecular weight is 239 g/mol. The molecule has 0 amide bonds. The zero-order chi connectivity index (χ0) is 12.0. The summed E-state index contributed by atoms with van der Waals surface area (Å²) in [6.45, 7) is 3.97. The quantitative estimate of drug-likeness (QED) is 0.481. The van der Waals surface area contributed by atoms with Gasteiger partial charge in [-0.25, -0.2) is 4.39 Å². The lowest BCUT2D eigenvalue weighted by atomic mass is 10.2. The lowest BCUT2D eigenvalue weighted by Crippen LogP contribution is -2.36. The van der Waals surface area contributed by atoms with E-state index < -0.39 is 0 Å². The van der Waals surface area contributed by atoms with Gasteiger partial charge in [-0.2, -0.15) is 5.10 Å². The first-order valence-electron chi connectivity index (χ1n) is 4.93. The van der Waals surface area contributed by atoms with Gasteiger partial charge in [0.25, 0.3) is 0 Å². The predicted molar refractivity (Wildman–Crippen MR) is 68.0 cm³/mol. The molecule has 0 atom stereocenters. The van der Waals surface area contributed by atoms with E-state index in [1.165, 1.54) is 12.1 Å². The Morgan fingerprint density at radius 2 is 2.00 bits per heavy atom.